The van der Waals surface area contributed by atoms with E-state index in [9.17, 15) is 4.79 Å². The van der Waals surface area contributed by atoms with Gasteiger partial charge < -0.3 is 10.1 Å². The molecule has 1 amide bonds. The quantitative estimate of drug-likeness (QED) is 0.632. The van der Waals surface area contributed by atoms with Crippen molar-refractivity contribution in [3.8, 4) is 5.75 Å². The summed E-state index contributed by atoms with van der Waals surface area (Å²) >= 11 is 0. The average molecular weight is 298 g/mol. The molecule has 1 heterocycles. The topological polar surface area (TPSA) is 75.6 Å². The summed E-state index contributed by atoms with van der Waals surface area (Å²) < 4.78 is 5.07. The number of amides is 1. The Balaban J connectivity index is 1.82. The summed E-state index contributed by atoms with van der Waals surface area (Å²) in [6, 6.07) is 11.0. The Morgan fingerprint density at radius 3 is 2.68 bits per heavy atom. The van der Waals surface area contributed by atoms with Crippen LogP contribution in [0.25, 0.3) is 0 Å². The molecule has 0 unspecified atom stereocenters. The number of hydrogen-bond donors (Lipinski definition) is 2. The lowest BCUT2D eigenvalue weighted by atomic mass is 10.2. The van der Waals surface area contributed by atoms with E-state index in [1.165, 1.54) is 0 Å². The molecule has 0 aliphatic heterocycles. The first-order valence-corrected chi connectivity index (χ1v) is 6.80. The number of methoxy groups -OCH3 is 1. The number of carbonyl (C=O) groups is 1. The maximum absolute atomic E-state index is 11.8. The molecule has 0 saturated heterocycles. The molecule has 0 radical (unpaired) electrons. The van der Waals surface area contributed by atoms with Crippen LogP contribution in [0.3, 0.4) is 0 Å². The number of aromatic nitrogens is 1. The smallest absolute Gasteiger partial charge is 0.259 e. The highest BCUT2D eigenvalue weighted by atomic mass is 16.5. The number of hydrazone groups is 1. The van der Waals surface area contributed by atoms with E-state index >= 15 is 0 Å². The monoisotopic (exact) mass is 298 g/mol. The predicted octanol–water partition coefficient (Wildman–Crippen LogP) is 2.04. The van der Waals surface area contributed by atoms with Crippen LogP contribution in [0, 0.1) is 0 Å². The molecule has 0 aliphatic rings. The van der Waals surface area contributed by atoms with Crippen molar-refractivity contribution in [2.45, 2.75) is 6.92 Å². The highest BCUT2D eigenvalue weighted by Gasteiger charge is 2.02. The van der Waals surface area contributed by atoms with Gasteiger partial charge in [-0.15, -0.1) is 0 Å². The maximum atomic E-state index is 11.8. The first kappa shape index (κ1) is 15.5. The van der Waals surface area contributed by atoms with Crippen molar-refractivity contribution >= 4 is 17.3 Å². The summed E-state index contributed by atoms with van der Waals surface area (Å²) in [5, 5.41) is 7.06. The lowest BCUT2D eigenvalue weighted by molar-refractivity contribution is -0.119. The fourth-order valence-corrected chi connectivity index (χ4v) is 1.72. The second-order valence-electron chi connectivity index (χ2n) is 4.56. The zero-order valence-corrected chi connectivity index (χ0v) is 12.5. The Morgan fingerprint density at radius 1 is 1.27 bits per heavy atom. The second-order valence-corrected chi connectivity index (χ2v) is 4.56. The molecule has 2 N–H and O–H groups in total. The third kappa shape index (κ3) is 4.59. The van der Waals surface area contributed by atoms with Gasteiger partial charge in [0.1, 0.15) is 5.75 Å². The van der Waals surface area contributed by atoms with Gasteiger partial charge in [0.15, 0.2) is 0 Å². The third-order valence-electron chi connectivity index (χ3n) is 2.97. The minimum atomic E-state index is -0.223. The summed E-state index contributed by atoms with van der Waals surface area (Å²) in [7, 11) is 1.61. The van der Waals surface area contributed by atoms with Crippen LogP contribution in [-0.2, 0) is 4.79 Å². The Kier molecular flexibility index (Phi) is 5.48. The standard InChI is InChI=1S/C16H18N4O2/c1-12(13-4-3-9-17-10-13)19-20-16(21)11-18-14-5-7-15(22-2)8-6-14/h3-10,18H,11H2,1-2H3,(H,20,21)/b19-12-. The van der Waals surface area contributed by atoms with Gasteiger partial charge in [0, 0.05) is 23.6 Å². The molecule has 1 aromatic heterocycles. The van der Waals surface area contributed by atoms with E-state index < -0.39 is 0 Å². The summed E-state index contributed by atoms with van der Waals surface area (Å²) in [6.45, 7) is 1.95. The van der Waals surface area contributed by atoms with Gasteiger partial charge in [-0.25, -0.2) is 5.43 Å². The van der Waals surface area contributed by atoms with E-state index in [1.54, 1.807) is 19.5 Å². The van der Waals surface area contributed by atoms with Crippen LogP contribution in [0.1, 0.15) is 12.5 Å². The molecular weight excluding hydrogens is 280 g/mol. The van der Waals surface area contributed by atoms with Gasteiger partial charge in [-0.1, -0.05) is 6.07 Å². The van der Waals surface area contributed by atoms with Gasteiger partial charge >= 0.3 is 0 Å². The molecule has 1 aromatic carbocycles. The molecule has 0 saturated carbocycles. The van der Waals surface area contributed by atoms with Gasteiger partial charge in [0.05, 0.1) is 19.4 Å². The maximum Gasteiger partial charge on any atom is 0.259 e. The lowest BCUT2D eigenvalue weighted by Gasteiger charge is -2.07. The number of nitrogens with zero attached hydrogens (tertiary/aromatic N) is 2. The van der Waals surface area contributed by atoms with E-state index in [2.05, 4.69) is 20.8 Å². The zero-order chi connectivity index (χ0) is 15.8. The number of carbonyl (C=O) groups excluding carboxylic acids is 1. The van der Waals surface area contributed by atoms with Crippen molar-refractivity contribution in [1.29, 1.82) is 0 Å². The number of nitrogens with one attached hydrogen (secondary N) is 2. The number of ether oxygens (including phenoxy) is 1. The molecule has 0 fully saturated rings. The molecule has 6 nitrogen and oxygen atoms in total. The van der Waals surface area contributed by atoms with Gasteiger partial charge in [0.25, 0.3) is 5.91 Å². The van der Waals surface area contributed by atoms with E-state index in [-0.39, 0.29) is 12.5 Å². The van der Waals surface area contributed by atoms with E-state index in [0.29, 0.717) is 5.71 Å². The molecule has 22 heavy (non-hydrogen) atoms. The Labute approximate surface area is 129 Å². The van der Waals surface area contributed by atoms with Crippen LogP contribution in [0.5, 0.6) is 5.75 Å². The van der Waals surface area contributed by atoms with Crippen molar-refractivity contribution in [3.05, 3.63) is 54.4 Å². The summed E-state index contributed by atoms with van der Waals surface area (Å²) in [5.74, 6) is 0.547. The van der Waals surface area contributed by atoms with E-state index in [0.717, 1.165) is 17.0 Å². The van der Waals surface area contributed by atoms with Crippen LogP contribution in [0.2, 0.25) is 0 Å². The number of anilines is 1. The highest BCUT2D eigenvalue weighted by molar-refractivity contribution is 5.99. The molecular formula is C16H18N4O2. The minimum absolute atomic E-state index is 0.135. The SMILES string of the molecule is COc1ccc(NCC(=O)N/N=C(/C)c2cccnc2)cc1. The molecule has 0 bridgehead atoms. The van der Waals surface area contributed by atoms with Crippen LogP contribution in [-0.4, -0.2) is 30.3 Å². The molecule has 0 aliphatic carbocycles. The second kappa shape index (κ2) is 7.78. The van der Waals surface area contributed by atoms with Gasteiger partial charge in [0.2, 0.25) is 0 Å². The fourth-order valence-electron chi connectivity index (χ4n) is 1.72. The fraction of sp³-hybridized carbons (Fsp3) is 0.188. The number of rotatable bonds is 6. The number of pyridine rings is 1. The average Bonchev–Trinajstić information content (AvgIpc) is 2.59. The summed E-state index contributed by atoms with van der Waals surface area (Å²) in [6.07, 6.45) is 3.38. The van der Waals surface area contributed by atoms with Gasteiger partial charge in [-0.2, -0.15) is 5.10 Å². The number of hydrogen-bond acceptors (Lipinski definition) is 5. The van der Waals surface area contributed by atoms with E-state index in [1.807, 2.05) is 43.3 Å². The van der Waals surface area contributed by atoms with Crippen LogP contribution >= 0.6 is 0 Å². The van der Waals surface area contributed by atoms with Crippen LogP contribution in [0.15, 0.2) is 53.9 Å². The molecule has 6 heteroatoms. The molecule has 2 rings (SSSR count). The van der Waals surface area contributed by atoms with Crippen LogP contribution < -0.4 is 15.5 Å². The molecule has 2 aromatic rings. The Hall–Kier alpha value is -2.89. The van der Waals surface area contributed by atoms with Crippen LogP contribution in [0.4, 0.5) is 5.69 Å². The van der Waals surface area contributed by atoms with Crippen molar-refractivity contribution in [1.82, 2.24) is 10.4 Å². The van der Waals surface area contributed by atoms with Crippen molar-refractivity contribution in [3.63, 3.8) is 0 Å². The lowest BCUT2D eigenvalue weighted by Crippen LogP contribution is -2.26. The molecule has 114 valence electrons. The first-order valence-electron chi connectivity index (χ1n) is 6.80. The van der Waals surface area contributed by atoms with Gasteiger partial charge in [-0.05, 0) is 37.3 Å². The van der Waals surface area contributed by atoms with Crippen molar-refractivity contribution in [2.24, 2.45) is 5.10 Å². The summed E-state index contributed by atoms with van der Waals surface area (Å²) in [4.78, 5) is 15.8. The Morgan fingerprint density at radius 2 is 2.05 bits per heavy atom. The largest absolute Gasteiger partial charge is 0.497 e. The molecule has 0 atom stereocenters. The Bertz CT molecular complexity index is 639. The minimum Gasteiger partial charge on any atom is -0.497 e. The van der Waals surface area contributed by atoms with Crippen molar-refractivity contribution in [2.75, 3.05) is 19.0 Å². The first-order chi connectivity index (χ1) is 10.7. The highest BCUT2D eigenvalue weighted by Crippen LogP contribution is 2.14. The zero-order valence-electron chi connectivity index (χ0n) is 12.5. The van der Waals surface area contributed by atoms with Gasteiger partial charge in [-0.3, -0.25) is 9.78 Å². The summed E-state index contributed by atoms with van der Waals surface area (Å²) in [5.41, 5.74) is 4.91. The number of benzene rings is 1. The third-order valence-corrected chi connectivity index (χ3v) is 2.97. The van der Waals surface area contributed by atoms with E-state index in [4.69, 9.17) is 4.74 Å². The molecule has 0 spiro atoms. The predicted molar refractivity (Wildman–Crippen MR) is 86.1 cm³/mol. The van der Waals surface area contributed by atoms with Crippen molar-refractivity contribution < 1.29 is 9.53 Å². The normalized spacial score (nSPS) is 10.9.